The van der Waals surface area contributed by atoms with Crippen LogP contribution in [0.1, 0.15) is 31.5 Å². The van der Waals surface area contributed by atoms with Crippen LogP contribution in [0.15, 0.2) is 30.3 Å². The van der Waals surface area contributed by atoms with Crippen molar-refractivity contribution in [3.8, 4) is 0 Å². The molecule has 0 bridgehead atoms. The second-order valence-electron chi connectivity index (χ2n) is 3.62. The van der Waals surface area contributed by atoms with Gasteiger partial charge in [0.05, 0.1) is 0 Å². The Labute approximate surface area is 81.1 Å². The molecule has 2 atom stereocenters. The fraction of sp³-hybridized carbons (Fsp3) is 0.333. The normalized spacial score (nSPS) is 14.0. The molecule has 0 fully saturated rings. The minimum absolute atomic E-state index is 0.755. The van der Waals surface area contributed by atoms with Crippen molar-refractivity contribution in [3.05, 3.63) is 35.6 Å². The molecule has 1 aromatic carbocycles. The first-order chi connectivity index (χ1) is 6.31. The van der Waals surface area contributed by atoms with E-state index in [0.717, 1.165) is 14.1 Å². The van der Waals surface area contributed by atoms with Crippen molar-refractivity contribution in [3.63, 3.8) is 0 Å². The van der Waals surface area contributed by atoms with Gasteiger partial charge in [-0.15, -0.1) is 8.19 Å². The zero-order valence-corrected chi connectivity index (χ0v) is 9.17. The summed E-state index contributed by atoms with van der Waals surface area (Å²) in [4.78, 5) is 0. The van der Waals surface area contributed by atoms with Gasteiger partial charge in [0.1, 0.15) is 0 Å². The lowest BCUT2D eigenvalue weighted by molar-refractivity contribution is 0.749. The second kappa shape index (κ2) is 3.55. The molecular formula is C12H15P. The van der Waals surface area contributed by atoms with Gasteiger partial charge in [0.2, 0.25) is 0 Å². The maximum atomic E-state index is 2.38. The van der Waals surface area contributed by atoms with E-state index in [-0.39, 0.29) is 0 Å². The molecule has 0 aliphatic heterocycles. The lowest BCUT2D eigenvalue weighted by atomic mass is 10.1. The number of benzene rings is 1. The molecule has 1 aromatic heterocycles. The molecule has 0 nitrogen and oxygen atoms in total. The van der Waals surface area contributed by atoms with E-state index in [0.29, 0.717) is 0 Å². The van der Waals surface area contributed by atoms with Crippen molar-refractivity contribution in [1.82, 2.24) is 0 Å². The summed E-state index contributed by atoms with van der Waals surface area (Å²) in [5.41, 5.74) is 0. The van der Waals surface area contributed by atoms with Crippen LogP contribution >= 0.6 is 8.19 Å². The molecule has 0 spiro atoms. The Morgan fingerprint density at radius 3 is 2.77 bits per heavy atom. The average Bonchev–Trinajstić information content (AvgIpc) is 2.59. The van der Waals surface area contributed by atoms with Crippen LogP contribution in [-0.2, 0) is 0 Å². The first kappa shape index (κ1) is 8.84. The SMILES string of the molecule is CCC(C)c1cc2ccccc2[pH]1. The summed E-state index contributed by atoms with van der Waals surface area (Å²) in [6.07, 6.45) is 1.26. The van der Waals surface area contributed by atoms with Crippen LogP contribution in [-0.4, -0.2) is 0 Å². The predicted octanol–water partition coefficient (Wildman–Crippen LogP) is 4.38. The first-order valence-corrected chi connectivity index (χ1v) is 5.89. The number of hydrogen-bond acceptors (Lipinski definition) is 0. The molecule has 0 N–H and O–H groups in total. The van der Waals surface area contributed by atoms with Gasteiger partial charge in [-0.1, -0.05) is 38.1 Å². The fourth-order valence-corrected chi connectivity index (χ4v) is 3.05. The summed E-state index contributed by atoms with van der Waals surface area (Å²) in [5, 5.41) is 4.60. The van der Waals surface area contributed by atoms with E-state index in [1.54, 1.807) is 5.30 Å². The predicted molar refractivity (Wildman–Crippen MR) is 62.2 cm³/mol. The van der Waals surface area contributed by atoms with Gasteiger partial charge < -0.3 is 0 Å². The molecule has 1 heteroatoms. The van der Waals surface area contributed by atoms with Crippen LogP contribution in [0.5, 0.6) is 0 Å². The standard InChI is InChI=1S/C12H15P/c1-3-9(2)12-8-10-6-4-5-7-11(10)13-12/h4-9,13H,3H2,1-2H3. The van der Waals surface area contributed by atoms with Gasteiger partial charge >= 0.3 is 0 Å². The van der Waals surface area contributed by atoms with Crippen LogP contribution in [0.25, 0.3) is 10.5 Å². The largest absolute Gasteiger partial charge is 0.128 e. The Bertz CT molecular complexity index is 367. The van der Waals surface area contributed by atoms with Crippen LogP contribution in [0.3, 0.4) is 0 Å². The molecule has 0 saturated heterocycles. The monoisotopic (exact) mass is 190 g/mol. The summed E-state index contributed by atoms with van der Waals surface area (Å²) in [6.45, 7) is 4.59. The van der Waals surface area contributed by atoms with E-state index in [1.165, 1.54) is 16.9 Å². The highest BCUT2D eigenvalue weighted by Crippen LogP contribution is 2.35. The molecule has 0 radical (unpaired) electrons. The Morgan fingerprint density at radius 2 is 2.08 bits per heavy atom. The molecule has 0 saturated carbocycles. The molecule has 2 unspecified atom stereocenters. The molecule has 0 aliphatic rings. The first-order valence-electron chi connectivity index (χ1n) is 4.89. The van der Waals surface area contributed by atoms with Crippen molar-refractivity contribution in [2.75, 3.05) is 0 Å². The van der Waals surface area contributed by atoms with Gasteiger partial charge in [-0.3, -0.25) is 0 Å². The van der Waals surface area contributed by atoms with E-state index in [9.17, 15) is 0 Å². The zero-order chi connectivity index (χ0) is 9.26. The van der Waals surface area contributed by atoms with Crippen LogP contribution < -0.4 is 0 Å². The highest BCUT2D eigenvalue weighted by atomic mass is 31.0. The fourth-order valence-electron chi connectivity index (χ4n) is 1.58. The lowest BCUT2D eigenvalue weighted by Gasteiger charge is -2.03. The molecule has 68 valence electrons. The van der Waals surface area contributed by atoms with Crippen LogP contribution in [0, 0.1) is 0 Å². The van der Waals surface area contributed by atoms with Crippen LogP contribution in [0.2, 0.25) is 0 Å². The molecular weight excluding hydrogens is 175 g/mol. The lowest BCUT2D eigenvalue weighted by Crippen LogP contribution is -1.83. The summed E-state index contributed by atoms with van der Waals surface area (Å²) in [6, 6.07) is 11.1. The molecule has 2 aromatic rings. The Hall–Kier alpha value is -0.740. The highest BCUT2D eigenvalue weighted by Gasteiger charge is 2.05. The summed E-state index contributed by atoms with van der Waals surface area (Å²) in [7, 11) is 0.919. The minimum Gasteiger partial charge on any atom is -0.128 e. The summed E-state index contributed by atoms with van der Waals surface area (Å²) >= 11 is 0. The Balaban J connectivity index is 2.49. The Morgan fingerprint density at radius 1 is 1.31 bits per heavy atom. The van der Waals surface area contributed by atoms with Crippen molar-refractivity contribution in [1.29, 1.82) is 0 Å². The molecule has 13 heavy (non-hydrogen) atoms. The molecule has 0 aliphatic carbocycles. The third kappa shape index (κ3) is 1.64. The van der Waals surface area contributed by atoms with Gasteiger partial charge in [0.15, 0.2) is 0 Å². The third-order valence-corrected chi connectivity index (χ3v) is 4.34. The van der Waals surface area contributed by atoms with Gasteiger partial charge in [-0.05, 0) is 34.2 Å². The van der Waals surface area contributed by atoms with E-state index < -0.39 is 0 Å². The molecule has 0 amide bonds. The van der Waals surface area contributed by atoms with E-state index in [1.807, 2.05) is 0 Å². The van der Waals surface area contributed by atoms with E-state index in [2.05, 4.69) is 44.2 Å². The minimum atomic E-state index is 0.755. The summed E-state index contributed by atoms with van der Waals surface area (Å²) in [5.74, 6) is 0.755. The van der Waals surface area contributed by atoms with Gasteiger partial charge in [-0.2, -0.15) is 0 Å². The van der Waals surface area contributed by atoms with Crippen molar-refractivity contribution in [2.24, 2.45) is 0 Å². The Kier molecular flexibility index (Phi) is 2.42. The van der Waals surface area contributed by atoms with Gasteiger partial charge in [-0.25, -0.2) is 0 Å². The van der Waals surface area contributed by atoms with Gasteiger partial charge in [0, 0.05) is 0 Å². The maximum Gasteiger partial charge on any atom is -0.00155 e. The average molecular weight is 190 g/mol. The van der Waals surface area contributed by atoms with Crippen molar-refractivity contribution >= 4 is 18.7 Å². The second-order valence-corrected chi connectivity index (χ2v) is 4.99. The maximum absolute atomic E-state index is 2.38. The number of rotatable bonds is 2. The number of hydrogen-bond donors (Lipinski definition) is 0. The molecule has 2 rings (SSSR count). The third-order valence-electron chi connectivity index (χ3n) is 2.69. The van der Waals surface area contributed by atoms with E-state index in [4.69, 9.17) is 0 Å². The number of fused-ring (bicyclic) bond motifs is 1. The topological polar surface area (TPSA) is 0 Å². The van der Waals surface area contributed by atoms with Crippen LogP contribution in [0.4, 0.5) is 0 Å². The summed E-state index contributed by atoms with van der Waals surface area (Å²) < 4.78 is 0. The quantitative estimate of drug-likeness (QED) is 0.659. The highest BCUT2D eigenvalue weighted by molar-refractivity contribution is 7.38. The zero-order valence-electron chi connectivity index (χ0n) is 8.17. The van der Waals surface area contributed by atoms with Gasteiger partial charge in [0.25, 0.3) is 0 Å². The van der Waals surface area contributed by atoms with Crippen molar-refractivity contribution < 1.29 is 0 Å². The smallest absolute Gasteiger partial charge is 0.00155 e. The van der Waals surface area contributed by atoms with E-state index >= 15 is 0 Å². The molecule has 1 heterocycles. The van der Waals surface area contributed by atoms with Crippen molar-refractivity contribution in [2.45, 2.75) is 26.2 Å².